The first-order valence-corrected chi connectivity index (χ1v) is 13.5. The van der Waals surface area contributed by atoms with E-state index < -0.39 is 16.9 Å². The fourth-order valence-corrected chi connectivity index (χ4v) is 5.48. The SMILES string of the molecule is CCS(=O)c1ccc(C(Oc2ccc(OC)cc2)C(=O)Nc2nc3ccc4c(c3s2)OCCO4)cc1. The maximum atomic E-state index is 13.5. The van der Waals surface area contributed by atoms with E-state index in [1.807, 2.05) is 19.1 Å². The average Bonchev–Trinajstić information content (AvgIpc) is 3.34. The van der Waals surface area contributed by atoms with E-state index in [1.165, 1.54) is 11.3 Å². The van der Waals surface area contributed by atoms with Crippen molar-refractivity contribution in [2.24, 2.45) is 0 Å². The lowest BCUT2D eigenvalue weighted by molar-refractivity contribution is -0.123. The van der Waals surface area contributed by atoms with Crippen molar-refractivity contribution in [3.05, 3.63) is 66.2 Å². The van der Waals surface area contributed by atoms with E-state index in [0.717, 1.165) is 4.70 Å². The van der Waals surface area contributed by atoms with Crippen LogP contribution in [0.15, 0.2) is 65.6 Å². The molecule has 0 bridgehead atoms. The zero-order chi connectivity index (χ0) is 25.1. The van der Waals surface area contributed by atoms with E-state index >= 15 is 0 Å². The normalized spacial score (nSPS) is 14.2. The fraction of sp³-hybridized carbons (Fsp3) is 0.231. The third kappa shape index (κ3) is 5.00. The molecule has 0 radical (unpaired) electrons. The minimum Gasteiger partial charge on any atom is -0.497 e. The summed E-state index contributed by atoms with van der Waals surface area (Å²) in [5.41, 5.74) is 1.33. The van der Waals surface area contributed by atoms with Crippen LogP contribution in [0.4, 0.5) is 5.13 Å². The molecule has 2 atom stereocenters. The summed E-state index contributed by atoms with van der Waals surface area (Å²) >= 11 is 1.31. The van der Waals surface area contributed by atoms with Crippen LogP contribution in [0, 0.1) is 0 Å². The molecule has 1 aliphatic heterocycles. The molecule has 4 aromatic rings. The van der Waals surface area contributed by atoms with Crippen LogP contribution in [0.3, 0.4) is 0 Å². The molecule has 8 nitrogen and oxygen atoms in total. The first kappa shape index (κ1) is 24.1. The molecule has 0 spiro atoms. The number of fused-ring (bicyclic) bond motifs is 3. The summed E-state index contributed by atoms with van der Waals surface area (Å²) in [6.07, 6.45) is -0.969. The Balaban J connectivity index is 1.43. The highest BCUT2D eigenvalue weighted by atomic mass is 32.2. The van der Waals surface area contributed by atoms with Gasteiger partial charge in [0, 0.05) is 16.2 Å². The Morgan fingerprint density at radius 1 is 1.06 bits per heavy atom. The molecule has 10 heteroatoms. The first-order valence-electron chi connectivity index (χ1n) is 11.3. The predicted octanol–water partition coefficient (Wildman–Crippen LogP) is 4.96. The number of hydrogen-bond acceptors (Lipinski definition) is 8. The molecule has 0 saturated carbocycles. The van der Waals surface area contributed by atoms with Gasteiger partial charge < -0.3 is 18.9 Å². The zero-order valence-corrected chi connectivity index (χ0v) is 21.3. The number of nitrogens with one attached hydrogen (secondary N) is 1. The largest absolute Gasteiger partial charge is 0.497 e. The van der Waals surface area contributed by atoms with Gasteiger partial charge in [-0.3, -0.25) is 14.3 Å². The molecule has 186 valence electrons. The molecule has 1 amide bonds. The third-order valence-corrected chi connectivity index (χ3v) is 7.86. The number of nitrogens with zero attached hydrogens (tertiary/aromatic N) is 1. The van der Waals surface area contributed by atoms with Gasteiger partial charge in [-0.1, -0.05) is 30.4 Å². The number of benzene rings is 3. The lowest BCUT2D eigenvalue weighted by atomic mass is 10.1. The van der Waals surface area contributed by atoms with E-state index in [0.29, 0.717) is 63.1 Å². The highest BCUT2D eigenvalue weighted by Gasteiger charge is 2.26. The summed E-state index contributed by atoms with van der Waals surface area (Å²) in [5, 5.41) is 3.31. The molecular formula is C26H24N2O6S2. The number of hydrogen-bond donors (Lipinski definition) is 1. The first-order chi connectivity index (χ1) is 17.6. The number of anilines is 1. The van der Waals surface area contributed by atoms with Gasteiger partial charge >= 0.3 is 0 Å². The van der Waals surface area contributed by atoms with Gasteiger partial charge in [-0.15, -0.1) is 0 Å². The standard InChI is InChI=1S/C26H24N2O6S2/c1-3-36(30)19-10-4-16(5-11-19)22(34-18-8-6-17(31-2)7-9-18)25(29)28-26-27-20-12-13-21-23(24(20)35-26)33-15-14-32-21/h4-13,22H,3,14-15H2,1-2H3,(H,27,28,29). The minimum atomic E-state index is -1.09. The van der Waals surface area contributed by atoms with Crippen molar-refractivity contribution < 1.29 is 28.0 Å². The van der Waals surface area contributed by atoms with Gasteiger partial charge in [0.1, 0.15) is 29.4 Å². The van der Waals surface area contributed by atoms with Crippen molar-refractivity contribution in [2.45, 2.75) is 17.9 Å². The monoisotopic (exact) mass is 524 g/mol. The quantitative estimate of drug-likeness (QED) is 0.348. The van der Waals surface area contributed by atoms with Gasteiger partial charge in [0.15, 0.2) is 16.6 Å². The van der Waals surface area contributed by atoms with Crippen molar-refractivity contribution in [3.8, 4) is 23.0 Å². The lowest BCUT2D eigenvalue weighted by Gasteiger charge is -2.19. The molecular weight excluding hydrogens is 500 g/mol. The van der Waals surface area contributed by atoms with E-state index in [2.05, 4.69) is 10.3 Å². The lowest BCUT2D eigenvalue weighted by Crippen LogP contribution is -2.25. The topological polar surface area (TPSA) is 96.0 Å². The van der Waals surface area contributed by atoms with Crippen molar-refractivity contribution in [3.63, 3.8) is 0 Å². The molecule has 3 aromatic carbocycles. The molecule has 36 heavy (non-hydrogen) atoms. The second-order valence-electron chi connectivity index (χ2n) is 7.82. The molecule has 2 heterocycles. The summed E-state index contributed by atoms with van der Waals surface area (Å²) in [7, 11) is 0.492. The Morgan fingerprint density at radius 2 is 1.78 bits per heavy atom. The van der Waals surface area contributed by atoms with Gasteiger partial charge in [-0.2, -0.15) is 0 Å². The molecule has 1 aliphatic rings. The Hall–Kier alpha value is -3.63. The molecule has 0 aliphatic carbocycles. The zero-order valence-electron chi connectivity index (χ0n) is 19.7. The van der Waals surface area contributed by atoms with E-state index in [1.54, 1.807) is 55.6 Å². The Bertz CT molecular complexity index is 1400. The maximum Gasteiger partial charge on any atom is 0.271 e. The summed E-state index contributed by atoms with van der Waals surface area (Å²) < 4.78 is 35.7. The van der Waals surface area contributed by atoms with Gasteiger partial charge in [-0.05, 0) is 48.5 Å². The van der Waals surface area contributed by atoms with Gasteiger partial charge in [0.25, 0.3) is 5.91 Å². The van der Waals surface area contributed by atoms with Crippen LogP contribution in [0.1, 0.15) is 18.6 Å². The molecule has 1 N–H and O–H groups in total. The van der Waals surface area contributed by atoms with Crippen molar-refractivity contribution in [1.82, 2.24) is 4.98 Å². The number of aromatic nitrogens is 1. The highest BCUT2D eigenvalue weighted by Crippen LogP contribution is 2.42. The smallest absolute Gasteiger partial charge is 0.271 e. The van der Waals surface area contributed by atoms with Crippen LogP contribution in [-0.2, 0) is 15.6 Å². The summed E-state index contributed by atoms with van der Waals surface area (Å²) in [6, 6.07) is 17.7. The summed E-state index contributed by atoms with van der Waals surface area (Å²) in [6.45, 7) is 2.82. The van der Waals surface area contributed by atoms with Gasteiger partial charge in [0.05, 0.1) is 23.4 Å². The average molecular weight is 525 g/mol. The number of ether oxygens (including phenoxy) is 4. The van der Waals surface area contributed by atoms with Crippen molar-refractivity contribution in [2.75, 3.05) is 31.4 Å². The molecule has 5 rings (SSSR count). The van der Waals surface area contributed by atoms with E-state index in [9.17, 15) is 9.00 Å². The number of thiazole rings is 1. The van der Waals surface area contributed by atoms with Crippen molar-refractivity contribution in [1.29, 1.82) is 0 Å². The molecule has 2 unspecified atom stereocenters. The Kier molecular flexibility index (Phi) is 7.06. The van der Waals surface area contributed by atoms with Gasteiger partial charge in [-0.25, -0.2) is 4.98 Å². The molecule has 0 fully saturated rings. The van der Waals surface area contributed by atoms with E-state index in [-0.39, 0.29) is 5.91 Å². The maximum absolute atomic E-state index is 13.5. The van der Waals surface area contributed by atoms with Crippen LogP contribution in [-0.4, -0.2) is 41.2 Å². The second kappa shape index (κ2) is 10.5. The van der Waals surface area contributed by atoms with Crippen LogP contribution in [0.2, 0.25) is 0 Å². The Labute approximate surface area is 214 Å². The van der Waals surface area contributed by atoms with E-state index in [4.69, 9.17) is 18.9 Å². The van der Waals surface area contributed by atoms with Gasteiger partial charge in [0.2, 0.25) is 6.10 Å². The summed E-state index contributed by atoms with van der Waals surface area (Å²) in [4.78, 5) is 18.7. The number of amides is 1. The fourth-order valence-electron chi connectivity index (χ4n) is 3.74. The second-order valence-corrected chi connectivity index (χ2v) is 10.6. The van der Waals surface area contributed by atoms with Crippen LogP contribution in [0.25, 0.3) is 10.2 Å². The summed E-state index contributed by atoms with van der Waals surface area (Å²) in [5.74, 6) is 2.62. The van der Waals surface area contributed by atoms with Crippen molar-refractivity contribution >= 4 is 43.4 Å². The highest BCUT2D eigenvalue weighted by molar-refractivity contribution is 7.85. The number of rotatable bonds is 8. The van der Waals surface area contributed by atoms with Crippen LogP contribution in [0.5, 0.6) is 23.0 Å². The third-order valence-electron chi connectivity index (χ3n) is 5.55. The number of carbonyl (C=O) groups is 1. The number of carbonyl (C=O) groups excluding carboxylic acids is 1. The predicted molar refractivity (Wildman–Crippen MR) is 139 cm³/mol. The van der Waals surface area contributed by atoms with Crippen LogP contribution >= 0.6 is 11.3 Å². The Morgan fingerprint density at radius 3 is 2.50 bits per heavy atom. The minimum absolute atomic E-state index is 0.389. The molecule has 1 aromatic heterocycles. The number of methoxy groups -OCH3 is 1. The molecule has 0 saturated heterocycles. The van der Waals surface area contributed by atoms with Crippen LogP contribution < -0.4 is 24.3 Å².